The maximum atomic E-state index is 12.0. The summed E-state index contributed by atoms with van der Waals surface area (Å²) in [5.74, 6) is 0.246. The first-order valence-electron chi connectivity index (χ1n) is 5.29. The van der Waals surface area contributed by atoms with Gasteiger partial charge in [0.05, 0.1) is 5.75 Å². The fraction of sp³-hybridized carbons (Fsp3) is 0.667. The van der Waals surface area contributed by atoms with Gasteiger partial charge in [-0.2, -0.15) is 4.37 Å². The summed E-state index contributed by atoms with van der Waals surface area (Å²) in [4.78, 5) is 0.200. The number of nitrogen functional groups attached to an aromatic ring is 1. The Bertz CT molecular complexity index is 477. The lowest BCUT2D eigenvalue weighted by Gasteiger charge is -2.06. The first-order chi connectivity index (χ1) is 7.54. The number of nitrogens with two attached hydrogens (primary N) is 1. The number of hydrogen-bond donors (Lipinski definition) is 2. The van der Waals surface area contributed by atoms with Gasteiger partial charge in [0.1, 0.15) is 9.90 Å². The third-order valence-corrected chi connectivity index (χ3v) is 5.27. The molecule has 0 atom stereocenters. The van der Waals surface area contributed by atoms with Gasteiger partial charge in [0.2, 0.25) is 0 Å². The van der Waals surface area contributed by atoms with Crippen LogP contribution in [0.5, 0.6) is 0 Å². The Kier molecular flexibility index (Phi) is 3.07. The minimum absolute atomic E-state index is 0.120. The molecule has 1 aromatic heterocycles. The van der Waals surface area contributed by atoms with Crippen LogP contribution in [0.4, 0.5) is 10.8 Å². The summed E-state index contributed by atoms with van der Waals surface area (Å²) in [6, 6.07) is 0.399. The summed E-state index contributed by atoms with van der Waals surface area (Å²) in [6.07, 6.45) is 2.76. The van der Waals surface area contributed by atoms with Crippen LogP contribution in [0.15, 0.2) is 4.90 Å². The van der Waals surface area contributed by atoms with Crippen LogP contribution < -0.4 is 11.1 Å². The van der Waals surface area contributed by atoms with Crippen molar-refractivity contribution in [3.63, 3.8) is 0 Å². The summed E-state index contributed by atoms with van der Waals surface area (Å²) < 4.78 is 27.9. The lowest BCUT2D eigenvalue weighted by Crippen LogP contribution is -2.11. The lowest BCUT2D eigenvalue weighted by atomic mass is 10.5. The van der Waals surface area contributed by atoms with Crippen LogP contribution in [-0.2, 0) is 9.84 Å². The van der Waals surface area contributed by atoms with Gasteiger partial charge in [-0.25, -0.2) is 8.42 Å². The van der Waals surface area contributed by atoms with E-state index in [1.807, 2.05) is 6.92 Å². The Balaban J connectivity index is 2.33. The van der Waals surface area contributed by atoms with Gasteiger partial charge in [-0.1, -0.05) is 6.92 Å². The summed E-state index contributed by atoms with van der Waals surface area (Å²) in [5.41, 5.74) is 5.63. The van der Waals surface area contributed by atoms with Gasteiger partial charge in [-0.05, 0) is 30.8 Å². The molecule has 90 valence electrons. The third-order valence-electron chi connectivity index (χ3n) is 2.37. The molecule has 0 spiro atoms. The second kappa shape index (κ2) is 4.21. The van der Waals surface area contributed by atoms with Gasteiger partial charge < -0.3 is 11.1 Å². The van der Waals surface area contributed by atoms with Crippen molar-refractivity contribution in [1.82, 2.24) is 4.37 Å². The van der Waals surface area contributed by atoms with Gasteiger partial charge >= 0.3 is 0 Å². The van der Waals surface area contributed by atoms with Crippen molar-refractivity contribution >= 4 is 32.2 Å². The molecule has 0 bridgehead atoms. The molecule has 1 saturated carbocycles. The van der Waals surface area contributed by atoms with Crippen molar-refractivity contribution in [3.05, 3.63) is 0 Å². The molecule has 2 rings (SSSR count). The van der Waals surface area contributed by atoms with Crippen molar-refractivity contribution in [3.8, 4) is 0 Å². The van der Waals surface area contributed by atoms with Crippen molar-refractivity contribution in [2.75, 3.05) is 16.8 Å². The maximum absolute atomic E-state index is 12.0. The van der Waals surface area contributed by atoms with E-state index in [9.17, 15) is 8.42 Å². The quantitative estimate of drug-likeness (QED) is 0.838. The first-order valence-corrected chi connectivity index (χ1v) is 7.71. The summed E-state index contributed by atoms with van der Waals surface area (Å²) >= 11 is 1.13. The largest absolute Gasteiger partial charge is 0.382 e. The second-order valence-electron chi connectivity index (χ2n) is 3.96. The van der Waals surface area contributed by atoms with Crippen molar-refractivity contribution in [2.24, 2.45) is 0 Å². The molecule has 16 heavy (non-hydrogen) atoms. The van der Waals surface area contributed by atoms with Crippen LogP contribution in [0, 0.1) is 0 Å². The predicted octanol–water partition coefficient (Wildman–Crippen LogP) is 1.48. The minimum Gasteiger partial charge on any atom is -0.382 e. The van der Waals surface area contributed by atoms with Crippen molar-refractivity contribution < 1.29 is 8.42 Å². The van der Waals surface area contributed by atoms with E-state index >= 15 is 0 Å². The Labute approximate surface area is 99.1 Å². The molecule has 1 aliphatic rings. The van der Waals surface area contributed by atoms with Crippen LogP contribution >= 0.6 is 11.5 Å². The van der Waals surface area contributed by atoms with Gasteiger partial charge in [0, 0.05) is 6.04 Å². The van der Waals surface area contributed by atoms with Crippen molar-refractivity contribution in [2.45, 2.75) is 37.1 Å². The van der Waals surface area contributed by atoms with E-state index in [0.717, 1.165) is 24.4 Å². The molecule has 0 amide bonds. The molecule has 0 aliphatic heterocycles. The molecular weight excluding hydrogens is 246 g/mol. The number of aromatic nitrogens is 1. The van der Waals surface area contributed by atoms with Gasteiger partial charge in [0.15, 0.2) is 15.7 Å². The number of sulfone groups is 1. The van der Waals surface area contributed by atoms with Gasteiger partial charge in [-0.3, -0.25) is 0 Å². The van der Waals surface area contributed by atoms with E-state index in [1.165, 1.54) is 0 Å². The molecule has 1 fully saturated rings. The maximum Gasteiger partial charge on any atom is 0.185 e. The van der Waals surface area contributed by atoms with E-state index in [-0.39, 0.29) is 16.5 Å². The van der Waals surface area contributed by atoms with Crippen LogP contribution in [0.1, 0.15) is 26.2 Å². The highest BCUT2D eigenvalue weighted by atomic mass is 32.2. The van der Waals surface area contributed by atoms with Gasteiger partial charge in [0.25, 0.3) is 0 Å². The average Bonchev–Trinajstić information content (AvgIpc) is 2.90. The highest BCUT2D eigenvalue weighted by Crippen LogP contribution is 2.36. The molecule has 1 aromatic rings. The van der Waals surface area contributed by atoms with Gasteiger partial charge in [-0.15, -0.1) is 0 Å². The monoisotopic (exact) mass is 261 g/mol. The number of rotatable bonds is 5. The minimum atomic E-state index is -3.29. The molecular formula is C9H15N3O2S2. The molecule has 0 aromatic carbocycles. The predicted molar refractivity (Wildman–Crippen MR) is 65.5 cm³/mol. The zero-order valence-corrected chi connectivity index (χ0v) is 10.7. The van der Waals surface area contributed by atoms with Crippen LogP contribution in [0.25, 0.3) is 0 Å². The number of anilines is 2. The van der Waals surface area contributed by atoms with E-state index < -0.39 is 9.84 Å². The topological polar surface area (TPSA) is 85.1 Å². The number of nitrogens with zero attached hydrogens (tertiary/aromatic N) is 1. The number of hydrogen-bond acceptors (Lipinski definition) is 6. The van der Waals surface area contributed by atoms with Crippen molar-refractivity contribution in [1.29, 1.82) is 0 Å². The Hall–Kier alpha value is -0.820. The zero-order valence-electron chi connectivity index (χ0n) is 9.06. The fourth-order valence-corrected chi connectivity index (χ4v) is 4.16. The molecule has 3 N–H and O–H groups in total. The number of nitrogens with one attached hydrogen (secondary N) is 1. The molecule has 0 radical (unpaired) electrons. The summed E-state index contributed by atoms with van der Waals surface area (Å²) in [6.45, 7) is 1.83. The molecule has 1 heterocycles. The Morgan fingerprint density at radius 2 is 2.25 bits per heavy atom. The highest BCUT2D eigenvalue weighted by Gasteiger charge is 2.29. The summed E-state index contributed by atoms with van der Waals surface area (Å²) in [7, 11) is -3.29. The Morgan fingerprint density at radius 3 is 2.81 bits per heavy atom. The average molecular weight is 261 g/mol. The zero-order chi connectivity index (χ0) is 11.8. The standard InChI is InChI=1S/C9H15N3O2S2/c1-2-5-16(13,14)7-8(10)12-15-9(7)11-6-3-4-6/h6,11H,2-5H2,1H3,(H2,10,12). The van der Waals surface area contributed by atoms with E-state index in [1.54, 1.807) is 0 Å². The smallest absolute Gasteiger partial charge is 0.185 e. The van der Waals surface area contributed by atoms with Crippen LogP contribution in [0.3, 0.4) is 0 Å². The third kappa shape index (κ3) is 2.30. The molecule has 7 heteroatoms. The SMILES string of the molecule is CCCS(=O)(=O)c1c(N)nsc1NC1CC1. The van der Waals surface area contributed by atoms with E-state index in [0.29, 0.717) is 17.5 Å². The Morgan fingerprint density at radius 1 is 1.56 bits per heavy atom. The first kappa shape index (κ1) is 11.7. The lowest BCUT2D eigenvalue weighted by molar-refractivity contribution is 0.595. The van der Waals surface area contributed by atoms with E-state index in [4.69, 9.17) is 5.73 Å². The molecule has 1 aliphatic carbocycles. The molecule has 0 saturated heterocycles. The molecule has 5 nitrogen and oxygen atoms in total. The normalized spacial score (nSPS) is 16.3. The summed E-state index contributed by atoms with van der Waals surface area (Å²) in [5, 5.41) is 3.77. The highest BCUT2D eigenvalue weighted by molar-refractivity contribution is 7.91. The fourth-order valence-electron chi connectivity index (χ4n) is 1.47. The van der Waals surface area contributed by atoms with Crippen LogP contribution in [-0.4, -0.2) is 24.6 Å². The second-order valence-corrected chi connectivity index (χ2v) is 6.78. The van der Waals surface area contributed by atoms with Crippen LogP contribution in [0.2, 0.25) is 0 Å². The van der Waals surface area contributed by atoms with E-state index in [2.05, 4.69) is 9.69 Å². The molecule has 0 unspecified atom stereocenters.